The number of carbonyl (C=O) groups excluding carboxylic acids is 1. The first kappa shape index (κ1) is 27.5. The standard InChI is InChI=1S/C21H16ClF8N7O/c1-31-8-18(5-6-18)33-17(38)11-7-10(3-4-12(11)22)37-9-32-16(35-37)14-13(20(25,26)27)15(34-36(14)2)19(23,24)21(28,29)30/h3-4,7-9H,5-6H2,1-2H3,(H,33,38). The van der Waals surface area contributed by atoms with Crippen LogP contribution >= 0.6 is 11.6 Å². The van der Waals surface area contributed by atoms with Gasteiger partial charge in [-0.3, -0.25) is 14.5 Å². The lowest BCUT2D eigenvalue weighted by Gasteiger charge is -2.19. The molecule has 0 radical (unpaired) electrons. The molecule has 0 aliphatic heterocycles. The fourth-order valence-electron chi connectivity index (χ4n) is 3.69. The highest BCUT2D eigenvalue weighted by Gasteiger charge is 2.64. The predicted molar refractivity (Wildman–Crippen MR) is 117 cm³/mol. The molecule has 1 aliphatic rings. The quantitative estimate of drug-likeness (QED) is 0.336. The molecule has 0 bridgehead atoms. The van der Waals surface area contributed by atoms with E-state index in [1.807, 2.05) is 0 Å². The van der Waals surface area contributed by atoms with Crippen molar-refractivity contribution in [2.75, 3.05) is 7.05 Å². The summed E-state index contributed by atoms with van der Waals surface area (Å²) in [4.78, 5) is 20.3. The topological polar surface area (TPSA) is 90.0 Å². The zero-order valence-electron chi connectivity index (χ0n) is 19.3. The van der Waals surface area contributed by atoms with Gasteiger partial charge in [-0.2, -0.15) is 40.2 Å². The van der Waals surface area contributed by atoms with Crippen molar-refractivity contribution < 1.29 is 39.9 Å². The monoisotopic (exact) mass is 569 g/mol. The molecule has 0 unspecified atom stereocenters. The third kappa shape index (κ3) is 4.83. The lowest BCUT2D eigenvalue weighted by Crippen LogP contribution is -2.38. The maximum absolute atomic E-state index is 14.0. The Bertz CT molecular complexity index is 1420. The number of halogens is 9. The lowest BCUT2D eigenvalue weighted by atomic mass is 10.1. The maximum Gasteiger partial charge on any atom is 0.459 e. The number of benzene rings is 1. The molecule has 3 aromatic rings. The number of hydrogen-bond donors (Lipinski definition) is 1. The van der Waals surface area contributed by atoms with Crippen molar-refractivity contribution in [2.24, 2.45) is 12.0 Å². The Labute approximate surface area is 213 Å². The fourth-order valence-corrected chi connectivity index (χ4v) is 3.89. The number of hydrogen-bond acceptors (Lipinski definition) is 5. The van der Waals surface area contributed by atoms with Crippen molar-refractivity contribution in [3.63, 3.8) is 0 Å². The maximum atomic E-state index is 14.0. The van der Waals surface area contributed by atoms with Gasteiger partial charge in [0.25, 0.3) is 5.91 Å². The third-order valence-electron chi connectivity index (χ3n) is 5.67. The smallest absolute Gasteiger partial charge is 0.342 e. The molecular formula is C21H16ClF8N7O. The molecule has 1 N–H and O–H groups in total. The van der Waals surface area contributed by atoms with Crippen LogP contribution in [-0.2, 0) is 19.1 Å². The van der Waals surface area contributed by atoms with E-state index >= 15 is 0 Å². The fraction of sp³-hybridized carbons (Fsp3) is 0.381. The molecule has 4 rings (SSSR count). The Balaban J connectivity index is 1.75. The van der Waals surface area contributed by atoms with E-state index in [1.165, 1.54) is 18.2 Å². The zero-order chi connectivity index (χ0) is 28.3. The van der Waals surface area contributed by atoms with Gasteiger partial charge in [0.1, 0.15) is 17.6 Å². The van der Waals surface area contributed by atoms with Crippen molar-refractivity contribution in [3.05, 3.63) is 46.4 Å². The van der Waals surface area contributed by atoms with E-state index in [9.17, 15) is 39.9 Å². The number of carbonyl (C=O) groups is 1. The van der Waals surface area contributed by atoms with Crippen LogP contribution in [0.2, 0.25) is 5.02 Å². The second-order valence-electron chi connectivity index (χ2n) is 8.44. The molecule has 0 spiro atoms. The molecule has 1 aliphatic carbocycles. The first-order valence-corrected chi connectivity index (χ1v) is 11.0. The molecule has 0 saturated heterocycles. The summed E-state index contributed by atoms with van der Waals surface area (Å²) in [6.07, 6.45) is -8.22. The first-order valence-electron chi connectivity index (χ1n) is 10.6. The van der Waals surface area contributed by atoms with E-state index in [0.29, 0.717) is 12.8 Å². The van der Waals surface area contributed by atoms with Crippen LogP contribution in [0, 0.1) is 0 Å². The van der Waals surface area contributed by atoms with Gasteiger partial charge in [-0.05, 0) is 31.0 Å². The number of amides is 1. The Hall–Kier alpha value is -3.56. The molecule has 1 amide bonds. The Kier molecular flexibility index (Phi) is 6.53. The van der Waals surface area contributed by atoms with Gasteiger partial charge in [-0.15, -0.1) is 5.10 Å². The molecule has 2 heterocycles. The number of aromatic nitrogens is 5. The lowest BCUT2D eigenvalue weighted by molar-refractivity contribution is -0.292. The highest BCUT2D eigenvalue weighted by molar-refractivity contribution is 6.34. The van der Waals surface area contributed by atoms with Gasteiger partial charge in [-0.25, -0.2) is 9.67 Å². The van der Waals surface area contributed by atoms with E-state index in [4.69, 9.17) is 11.6 Å². The van der Waals surface area contributed by atoms with E-state index in [1.54, 1.807) is 13.3 Å². The van der Waals surface area contributed by atoms with E-state index in [-0.39, 0.29) is 21.0 Å². The largest absolute Gasteiger partial charge is 0.459 e. The van der Waals surface area contributed by atoms with Crippen LogP contribution in [0.1, 0.15) is 34.5 Å². The second kappa shape index (κ2) is 9.03. The highest BCUT2D eigenvalue weighted by atomic mass is 35.5. The summed E-state index contributed by atoms with van der Waals surface area (Å²) in [5.74, 6) is -7.32. The predicted octanol–water partition coefficient (Wildman–Crippen LogP) is 4.96. The molecule has 2 aromatic heterocycles. The molecule has 1 fully saturated rings. The summed E-state index contributed by atoms with van der Waals surface area (Å²) in [6.45, 7) is 0. The minimum atomic E-state index is -6.34. The SMILES string of the molecule is CN=CC1(NC(=O)c2cc(-n3cnc(-c4c(C(F)(F)F)c(C(F)(F)C(F)(F)F)nn4C)n3)ccc2Cl)CC1. The summed E-state index contributed by atoms with van der Waals surface area (Å²) in [7, 11) is 2.29. The van der Waals surface area contributed by atoms with Crippen molar-refractivity contribution in [2.45, 2.75) is 36.7 Å². The molecule has 1 aromatic carbocycles. The van der Waals surface area contributed by atoms with Gasteiger partial charge in [-0.1, -0.05) is 11.6 Å². The number of nitrogens with zero attached hydrogens (tertiary/aromatic N) is 6. The number of nitrogens with one attached hydrogen (secondary N) is 1. The van der Waals surface area contributed by atoms with Gasteiger partial charge in [0.15, 0.2) is 11.5 Å². The normalized spacial score (nSPS) is 15.8. The van der Waals surface area contributed by atoms with Crippen LogP contribution in [-0.4, -0.2) is 55.4 Å². The highest BCUT2D eigenvalue weighted by Crippen LogP contribution is 2.49. The number of aryl methyl sites for hydroxylation is 1. The molecular weight excluding hydrogens is 554 g/mol. The van der Waals surface area contributed by atoms with Crippen LogP contribution in [0.3, 0.4) is 0 Å². The van der Waals surface area contributed by atoms with Crippen molar-refractivity contribution in [1.82, 2.24) is 29.9 Å². The Morgan fingerprint density at radius 3 is 2.34 bits per heavy atom. The summed E-state index contributed by atoms with van der Waals surface area (Å²) in [6, 6.07) is 3.91. The summed E-state index contributed by atoms with van der Waals surface area (Å²) >= 11 is 6.14. The second-order valence-corrected chi connectivity index (χ2v) is 8.85. The molecule has 204 valence electrons. The number of alkyl halides is 8. The minimum Gasteiger partial charge on any atom is -0.342 e. The average molecular weight is 570 g/mol. The van der Waals surface area contributed by atoms with Crippen LogP contribution in [0.5, 0.6) is 0 Å². The van der Waals surface area contributed by atoms with Gasteiger partial charge in [0, 0.05) is 20.3 Å². The van der Waals surface area contributed by atoms with Gasteiger partial charge in [0.05, 0.1) is 21.8 Å². The van der Waals surface area contributed by atoms with Crippen LogP contribution in [0.15, 0.2) is 29.5 Å². The summed E-state index contributed by atoms with van der Waals surface area (Å²) in [5, 5.41) is 9.47. The van der Waals surface area contributed by atoms with Crippen molar-refractivity contribution >= 4 is 23.7 Å². The van der Waals surface area contributed by atoms with Crippen LogP contribution in [0.4, 0.5) is 35.1 Å². The molecule has 8 nitrogen and oxygen atoms in total. The van der Waals surface area contributed by atoms with Crippen LogP contribution < -0.4 is 5.32 Å². The van der Waals surface area contributed by atoms with Gasteiger partial charge < -0.3 is 5.32 Å². The molecule has 17 heteroatoms. The van der Waals surface area contributed by atoms with Crippen LogP contribution in [0.25, 0.3) is 17.2 Å². The summed E-state index contributed by atoms with van der Waals surface area (Å²) in [5.41, 5.74) is -6.61. The number of aliphatic imine (C=N–C) groups is 1. The van der Waals surface area contributed by atoms with E-state index in [2.05, 4.69) is 25.5 Å². The van der Waals surface area contributed by atoms with E-state index < -0.39 is 52.5 Å². The molecule has 0 atom stereocenters. The molecule has 1 saturated carbocycles. The average Bonchev–Trinajstić information content (AvgIpc) is 3.21. The van der Waals surface area contributed by atoms with E-state index in [0.717, 1.165) is 18.1 Å². The first-order chi connectivity index (χ1) is 17.5. The molecule has 38 heavy (non-hydrogen) atoms. The minimum absolute atomic E-state index is 0.0133. The van der Waals surface area contributed by atoms with Crippen molar-refractivity contribution in [1.29, 1.82) is 0 Å². The Morgan fingerprint density at radius 1 is 1.13 bits per heavy atom. The van der Waals surface area contributed by atoms with Crippen molar-refractivity contribution in [3.8, 4) is 17.2 Å². The third-order valence-corrected chi connectivity index (χ3v) is 6.00. The summed E-state index contributed by atoms with van der Waals surface area (Å²) < 4.78 is 109. The van der Waals surface area contributed by atoms with Gasteiger partial charge in [0.2, 0.25) is 0 Å². The Morgan fingerprint density at radius 2 is 1.79 bits per heavy atom. The number of rotatable bonds is 6. The van der Waals surface area contributed by atoms with Gasteiger partial charge >= 0.3 is 18.3 Å². The zero-order valence-corrected chi connectivity index (χ0v) is 20.1.